The minimum atomic E-state index is -3.68. The molecule has 3 rings (SSSR count). The van der Waals surface area contributed by atoms with Gasteiger partial charge in [0.2, 0.25) is 10.0 Å². The van der Waals surface area contributed by atoms with E-state index >= 15 is 0 Å². The second kappa shape index (κ2) is 13.1. The van der Waals surface area contributed by atoms with Crippen molar-refractivity contribution >= 4 is 21.6 Å². The SMILES string of the molecule is CCCCc1ccc(CCC(NS(=O)(=O)c2ccc(Cl)cc2)c2ccc(CCCC)cc2)cc1. The molecule has 0 saturated heterocycles. The first kappa shape index (κ1) is 26.5. The number of hydrogen-bond acceptors (Lipinski definition) is 2. The van der Waals surface area contributed by atoms with Crippen LogP contribution in [0.25, 0.3) is 0 Å². The topological polar surface area (TPSA) is 46.2 Å². The summed E-state index contributed by atoms with van der Waals surface area (Å²) in [4.78, 5) is 0.224. The van der Waals surface area contributed by atoms with Gasteiger partial charge in [-0.1, -0.05) is 86.8 Å². The summed E-state index contributed by atoms with van der Waals surface area (Å²) in [6.07, 6.45) is 8.31. The Bertz CT molecular complexity index is 1110. The molecule has 0 aromatic heterocycles. The van der Waals surface area contributed by atoms with Gasteiger partial charge in [0.25, 0.3) is 0 Å². The normalized spacial score (nSPS) is 12.6. The Morgan fingerprint density at radius 3 is 1.68 bits per heavy atom. The highest BCUT2D eigenvalue weighted by Gasteiger charge is 2.21. The van der Waals surface area contributed by atoms with Crippen LogP contribution in [0.1, 0.15) is 74.2 Å². The molecule has 0 aliphatic rings. The molecule has 1 unspecified atom stereocenters. The number of rotatable bonds is 13. The molecule has 0 bridgehead atoms. The predicted octanol–water partition coefficient (Wildman–Crippen LogP) is 7.68. The molecule has 0 fully saturated rings. The van der Waals surface area contributed by atoms with Gasteiger partial charge in [0.15, 0.2) is 0 Å². The van der Waals surface area contributed by atoms with E-state index in [2.05, 4.69) is 67.1 Å². The van der Waals surface area contributed by atoms with E-state index in [4.69, 9.17) is 11.6 Å². The molecule has 5 heteroatoms. The maximum atomic E-state index is 13.1. The van der Waals surface area contributed by atoms with Gasteiger partial charge in [-0.3, -0.25) is 0 Å². The van der Waals surface area contributed by atoms with Gasteiger partial charge in [-0.25, -0.2) is 13.1 Å². The van der Waals surface area contributed by atoms with Crippen LogP contribution in [0, 0.1) is 0 Å². The molecular formula is C29H36ClNO2S. The Morgan fingerprint density at radius 2 is 1.18 bits per heavy atom. The molecule has 3 aromatic carbocycles. The Balaban J connectivity index is 1.77. The van der Waals surface area contributed by atoms with Crippen molar-refractivity contribution in [3.05, 3.63) is 100 Å². The minimum Gasteiger partial charge on any atom is -0.207 e. The number of sulfonamides is 1. The van der Waals surface area contributed by atoms with E-state index in [-0.39, 0.29) is 10.9 Å². The fraction of sp³-hybridized carbons (Fsp3) is 0.379. The molecule has 0 aliphatic carbocycles. The fourth-order valence-corrected chi connectivity index (χ4v) is 5.41. The number of halogens is 1. The van der Waals surface area contributed by atoms with Crippen LogP contribution in [0.2, 0.25) is 5.02 Å². The lowest BCUT2D eigenvalue weighted by Crippen LogP contribution is -2.29. The molecule has 0 amide bonds. The number of benzene rings is 3. The molecule has 3 nitrogen and oxygen atoms in total. The standard InChI is InChI=1S/C29H36ClNO2S/c1-3-5-7-23-9-11-25(12-10-23)15-22-29(26-16-13-24(14-17-26)8-6-4-2)31-34(32,33)28-20-18-27(30)19-21-28/h9-14,16-21,29,31H,3-8,15,22H2,1-2H3. The van der Waals surface area contributed by atoms with Gasteiger partial charge in [-0.15, -0.1) is 0 Å². The monoisotopic (exact) mass is 497 g/mol. The van der Waals surface area contributed by atoms with E-state index in [0.29, 0.717) is 11.4 Å². The predicted molar refractivity (Wildman–Crippen MR) is 143 cm³/mol. The maximum absolute atomic E-state index is 13.1. The van der Waals surface area contributed by atoms with Crippen LogP contribution in [-0.4, -0.2) is 8.42 Å². The molecule has 34 heavy (non-hydrogen) atoms. The summed E-state index contributed by atoms with van der Waals surface area (Å²) < 4.78 is 29.2. The zero-order valence-electron chi connectivity index (χ0n) is 20.3. The summed E-state index contributed by atoms with van der Waals surface area (Å²) in [7, 11) is -3.68. The zero-order chi connectivity index (χ0) is 24.4. The van der Waals surface area contributed by atoms with Crippen molar-refractivity contribution in [2.75, 3.05) is 0 Å². The first-order chi connectivity index (χ1) is 16.4. The summed E-state index contributed by atoms with van der Waals surface area (Å²) in [6, 6.07) is 23.1. The molecule has 0 radical (unpaired) electrons. The lowest BCUT2D eigenvalue weighted by Gasteiger charge is -2.20. The zero-order valence-corrected chi connectivity index (χ0v) is 21.8. The molecule has 1 N–H and O–H groups in total. The van der Waals surface area contributed by atoms with Crippen LogP contribution >= 0.6 is 11.6 Å². The number of unbranched alkanes of at least 4 members (excludes halogenated alkanes) is 2. The van der Waals surface area contributed by atoms with Crippen LogP contribution < -0.4 is 4.72 Å². The van der Waals surface area contributed by atoms with Gasteiger partial charge in [0.1, 0.15) is 0 Å². The Morgan fingerprint density at radius 1 is 0.706 bits per heavy atom. The van der Waals surface area contributed by atoms with Crippen LogP contribution in [-0.2, 0) is 29.3 Å². The highest BCUT2D eigenvalue weighted by molar-refractivity contribution is 7.89. The molecule has 0 saturated carbocycles. The third-order valence-corrected chi connectivity index (χ3v) is 7.93. The third-order valence-electron chi connectivity index (χ3n) is 6.19. The first-order valence-electron chi connectivity index (χ1n) is 12.4. The van der Waals surface area contributed by atoms with Crippen LogP contribution in [0.4, 0.5) is 0 Å². The second-order valence-corrected chi connectivity index (χ2v) is 11.1. The summed E-state index contributed by atoms with van der Waals surface area (Å²) in [5.74, 6) is 0. The van der Waals surface area contributed by atoms with E-state index in [1.165, 1.54) is 29.5 Å². The second-order valence-electron chi connectivity index (χ2n) is 8.93. The van der Waals surface area contributed by atoms with Gasteiger partial charge in [0.05, 0.1) is 4.90 Å². The Hall–Kier alpha value is -2.14. The molecule has 0 aliphatic heterocycles. The smallest absolute Gasteiger partial charge is 0.207 e. The average Bonchev–Trinajstić information content (AvgIpc) is 2.85. The Kier molecular flexibility index (Phi) is 10.2. The molecule has 182 valence electrons. The summed E-state index contributed by atoms with van der Waals surface area (Å²) in [5.41, 5.74) is 4.84. The summed E-state index contributed by atoms with van der Waals surface area (Å²) in [5, 5.41) is 0.514. The largest absolute Gasteiger partial charge is 0.241 e. The molecule has 0 heterocycles. The van der Waals surface area contributed by atoms with Gasteiger partial charge in [-0.05, 0) is 85.0 Å². The summed E-state index contributed by atoms with van der Waals surface area (Å²) >= 11 is 5.96. The van der Waals surface area contributed by atoms with Crippen LogP contribution in [0.15, 0.2) is 77.7 Å². The molecule has 0 spiro atoms. The highest BCUT2D eigenvalue weighted by Crippen LogP contribution is 2.24. The Labute approximate surface area is 210 Å². The van der Waals surface area contributed by atoms with E-state index < -0.39 is 10.0 Å². The molecular weight excluding hydrogens is 462 g/mol. The van der Waals surface area contributed by atoms with E-state index in [1.807, 2.05) is 0 Å². The quantitative estimate of drug-likeness (QED) is 0.263. The van der Waals surface area contributed by atoms with Crippen molar-refractivity contribution in [2.45, 2.75) is 76.2 Å². The van der Waals surface area contributed by atoms with Crippen LogP contribution in [0.3, 0.4) is 0 Å². The van der Waals surface area contributed by atoms with E-state index in [1.54, 1.807) is 24.3 Å². The van der Waals surface area contributed by atoms with Crippen molar-refractivity contribution < 1.29 is 8.42 Å². The number of nitrogens with one attached hydrogen (secondary N) is 1. The molecule has 3 aromatic rings. The van der Waals surface area contributed by atoms with Crippen molar-refractivity contribution in [2.24, 2.45) is 0 Å². The van der Waals surface area contributed by atoms with Crippen molar-refractivity contribution in [1.29, 1.82) is 0 Å². The van der Waals surface area contributed by atoms with Gasteiger partial charge in [0, 0.05) is 11.1 Å². The maximum Gasteiger partial charge on any atom is 0.241 e. The first-order valence-corrected chi connectivity index (χ1v) is 14.2. The van der Waals surface area contributed by atoms with E-state index in [0.717, 1.165) is 37.7 Å². The summed E-state index contributed by atoms with van der Waals surface area (Å²) in [6.45, 7) is 4.39. The fourth-order valence-electron chi connectivity index (χ4n) is 4.02. The average molecular weight is 498 g/mol. The van der Waals surface area contributed by atoms with Crippen molar-refractivity contribution in [3.8, 4) is 0 Å². The molecule has 1 atom stereocenters. The highest BCUT2D eigenvalue weighted by atomic mass is 35.5. The third kappa shape index (κ3) is 7.97. The van der Waals surface area contributed by atoms with Gasteiger partial charge in [-0.2, -0.15) is 0 Å². The number of hydrogen-bond donors (Lipinski definition) is 1. The van der Waals surface area contributed by atoms with Crippen molar-refractivity contribution in [1.82, 2.24) is 4.72 Å². The number of aryl methyl sites for hydroxylation is 3. The lowest BCUT2D eigenvalue weighted by atomic mass is 9.97. The van der Waals surface area contributed by atoms with Crippen LogP contribution in [0.5, 0.6) is 0 Å². The van der Waals surface area contributed by atoms with Crippen molar-refractivity contribution in [3.63, 3.8) is 0 Å². The minimum absolute atomic E-state index is 0.224. The van der Waals surface area contributed by atoms with E-state index in [9.17, 15) is 8.42 Å². The lowest BCUT2D eigenvalue weighted by molar-refractivity contribution is 0.539. The van der Waals surface area contributed by atoms with Gasteiger partial charge >= 0.3 is 0 Å². The van der Waals surface area contributed by atoms with Gasteiger partial charge < -0.3 is 0 Å².